The predicted molar refractivity (Wildman–Crippen MR) is 104 cm³/mol. The van der Waals surface area contributed by atoms with Crippen LogP contribution in [0.2, 0.25) is 0 Å². The van der Waals surface area contributed by atoms with Gasteiger partial charge in [-0.1, -0.05) is 48.5 Å². The molecule has 0 spiro atoms. The first-order valence-electron chi connectivity index (χ1n) is 9.04. The number of carbonyl (C=O) groups is 1. The normalized spacial score (nSPS) is 17.7. The molecule has 1 heterocycles. The molecule has 1 fully saturated rings. The minimum Gasteiger partial charge on any atom is -0.457 e. The van der Waals surface area contributed by atoms with Crippen molar-refractivity contribution in [2.75, 3.05) is 0 Å². The van der Waals surface area contributed by atoms with E-state index >= 15 is 0 Å². The Labute approximate surface area is 160 Å². The van der Waals surface area contributed by atoms with E-state index in [2.05, 4.69) is 0 Å². The Morgan fingerprint density at radius 2 is 1.63 bits per heavy atom. The molecule has 0 unspecified atom stereocenters. The van der Waals surface area contributed by atoms with Crippen molar-refractivity contribution in [3.05, 3.63) is 65.2 Å². The van der Waals surface area contributed by atoms with Gasteiger partial charge in [0.1, 0.15) is 6.61 Å². The lowest BCUT2D eigenvalue weighted by molar-refractivity contribution is 0.00578. The standard InChI is InChI=1S/C21H25BO5/c1-20(2)21(3,4)27-22(26-20)17-12-8-11-16(13-23)18(17)19(24)25-14-15-9-6-5-7-10-15/h5-12,23H,13-14H2,1-4H3. The topological polar surface area (TPSA) is 65.0 Å². The average molecular weight is 368 g/mol. The van der Waals surface area contributed by atoms with E-state index in [-0.39, 0.29) is 13.2 Å². The van der Waals surface area contributed by atoms with Crippen LogP contribution in [0.15, 0.2) is 48.5 Å². The molecule has 2 aromatic rings. The molecule has 6 heteroatoms. The number of aliphatic hydroxyl groups is 1. The van der Waals surface area contributed by atoms with Crippen molar-refractivity contribution in [2.45, 2.75) is 52.1 Å². The summed E-state index contributed by atoms with van der Waals surface area (Å²) < 4.78 is 17.7. The summed E-state index contributed by atoms with van der Waals surface area (Å²) in [4.78, 5) is 12.9. The van der Waals surface area contributed by atoms with Gasteiger partial charge in [0.05, 0.1) is 23.4 Å². The van der Waals surface area contributed by atoms with E-state index < -0.39 is 24.3 Å². The molecular formula is C21H25BO5. The van der Waals surface area contributed by atoms with Crippen LogP contribution < -0.4 is 5.46 Å². The fourth-order valence-electron chi connectivity index (χ4n) is 2.96. The van der Waals surface area contributed by atoms with Crippen molar-refractivity contribution in [1.82, 2.24) is 0 Å². The van der Waals surface area contributed by atoms with Gasteiger partial charge in [0.25, 0.3) is 0 Å². The van der Waals surface area contributed by atoms with Crippen LogP contribution in [-0.4, -0.2) is 29.4 Å². The van der Waals surface area contributed by atoms with E-state index in [1.807, 2.05) is 58.0 Å². The highest BCUT2D eigenvalue weighted by Crippen LogP contribution is 2.36. The Morgan fingerprint density at radius 3 is 2.22 bits per heavy atom. The first-order chi connectivity index (χ1) is 12.7. The SMILES string of the molecule is CC1(C)OB(c2cccc(CO)c2C(=O)OCc2ccccc2)OC1(C)C. The Morgan fingerprint density at radius 1 is 1.00 bits per heavy atom. The maximum atomic E-state index is 12.9. The summed E-state index contributed by atoms with van der Waals surface area (Å²) in [5.41, 5.74) is 1.19. The van der Waals surface area contributed by atoms with Crippen LogP contribution >= 0.6 is 0 Å². The summed E-state index contributed by atoms with van der Waals surface area (Å²) in [6.45, 7) is 7.70. The monoisotopic (exact) mass is 368 g/mol. The minimum absolute atomic E-state index is 0.155. The Hall–Kier alpha value is -2.15. The largest absolute Gasteiger partial charge is 0.495 e. The quantitative estimate of drug-likeness (QED) is 0.650. The lowest BCUT2D eigenvalue weighted by atomic mass is 9.74. The number of benzene rings is 2. The predicted octanol–water partition coefficient (Wildman–Crippen LogP) is 2.84. The van der Waals surface area contributed by atoms with Gasteiger partial charge in [-0.05, 0) is 44.3 Å². The molecule has 2 aromatic carbocycles. The van der Waals surface area contributed by atoms with Gasteiger partial charge in [0.2, 0.25) is 0 Å². The van der Waals surface area contributed by atoms with E-state index in [4.69, 9.17) is 14.0 Å². The first kappa shape index (κ1) is 19.6. The first-order valence-corrected chi connectivity index (χ1v) is 9.04. The molecule has 0 amide bonds. The molecule has 3 rings (SSSR count). The second-order valence-corrected chi connectivity index (χ2v) is 7.69. The molecule has 0 saturated carbocycles. The third-order valence-corrected chi connectivity index (χ3v) is 5.28. The van der Waals surface area contributed by atoms with E-state index in [9.17, 15) is 9.90 Å². The molecule has 0 aromatic heterocycles. The molecule has 0 atom stereocenters. The van der Waals surface area contributed by atoms with Gasteiger partial charge in [-0.15, -0.1) is 0 Å². The van der Waals surface area contributed by atoms with Crippen LogP contribution in [0.4, 0.5) is 0 Å². The average Bonchev–Trinajstić information content (AvgIpc) is 2.87. The summed E-state index contributed by atoms with van der Waals surface area (Å²) in [6, 6.07) is 14.7. The summed E-state index contributed by atoms with van der Waals surface area (Å²) >= 11 is 0. The van der Waals surface area contributed by atoms with Crippen LogP contribution in [-0.2, 0) is 27.3 Å². The molecule has 142 valence electrons. The number of carbonyl (C=O) groups excluding carboxylic acids is 1. The number of hydrogen-bond donors (Lipinski definition) is 1. The maximum absolute atomic E-state index is 12.9. The number of aliphatic hydroxyl groups excluding tert-OH is 1. The molecule has 0 bridgehead atoms. The molecule has 0 radical (unpaired) electrons. The maximum Gasteiger partial charge on any atom is 0.495 e. The Kier molecular flexibility index (Phi) is 5.42. The van der Waals surface area contributed by atoms with Crippen molar-refractivity contribution < 1.29 is 23.9 Å². The smallest absolute Gasteiger partial charge is 0.457 e. The summed E-state index contributed by atoms with van der Waals surface area (Å²) in [5.74, 6) is -0.506. The fourth-order valence-corrected chi connectivity index (χ4v) is 2.96. The van der Waals surface area contributed by atoms with Crippen LogP contribution in [0.5, 0.6) is 0 Å². The highest BCUT2D eigenvalue weighted by Gasteiger charge is 2.52. The van der Waals surface area contributed by atoms with E-state index in [1.165, 1.54) is 0 Å². The lowest BCUT2D eigenvalue weighted by Crippen LogP contribution is -2.41. The Balaban J connectivity index is 1.89. The zero-order valence-corrected chi connectivity index (χ0v) is 16.2. The third kappa shape index (κ3) is 3.93. The minimum atomic E-state index is -0.708. The molecule has 1 aliphatic rings. The second-order valence-electron chi connectivity index (χ2n) is 7.69. The zero-order chi connectivity index (χ0) is 19.7. The van der Waals surface area contributed by atoms with Crippen molar-refractivity contribution in [1.29, 1.82) is 0 Å². The van der Waals surface area contributed by atoms with Crippen molar-refractivity contribution in [3.63, 3.8) is 0 Å². The van der Waals surface area contributed by atoms with E-state index in [1.54, 1.807) is 18.2 Å². The number of rotatable bonds is 5. The van der Waals surface area contributed by atoms with Gasteiger partial charge in [-0.3, -0.25) is 0 Å². The van der Waals surface area contributed by atoms with Crippen molar-refractivity contribution >= 4 is 18.6 Å². The van der Waals surface area contributed by atoms with Gasteiger partial charge >= 0.3 is 13.1 Å². The summed E-state index contributed by atoms with van der Waals surface area (Å²) in [5, 5.41) is 9.74. The van der Waals surface area contributed by atoms with Crippen LogP contribution in [0.25, 0.3) is 0 Å². The number of ether oxygens (including phenoxy) is 1. The molecule has 27 heavy (non-hydrogen) atoms. The van der Waals surface area contributed by atoms with E-state index in [0.29, 0.717) is 16.6 Å². The Bertz CT molecular complexity index is 801. The molecule has 0 aliphatic carbocycles. The molecule has 5 nitrogen and oxygen atoms in total. The van der Waals surface area contributed by atoms with Crippen LogP contribution in [0.3, 0.4) is 0 Å². The third-order valence-electron chi connectivity index (χ3n) is 5.28. The highest BCUT2D eigenvalue weighted by atomic mass is 16.7. The van der Waals surface area contributed by atoms with E-state index in [0.717, 1.165) is 5.56 Å². The molecule has 1 saturated heterocycles. The number of esters is 1. The van der Waals surface area contributed by atoms with Crippen molar-refractivity contribution in [3.8, 4) is 0 Å². The molecule has 1 N–H and O–H groups in total. The van der Waals surface area contributed by atoms with Crippen LogP contribution in [0.1, 0.15) is 49.2 Å². The lowest BCUT2D eigenvalue weighted by Gasteiger charge is -2.32. The zero-order valence-electron chi connectivity index (χ0n) is 16.2. The molecular weight excluding hydrogens is 343 g/mol. The van der Waals surface area contributed by atoms with Gasteiger partial charge in [-0.25, -0.2) is 4.79 Å². The summed E-state index contributed by atoms with van der Waals surface area (Å²) in [7, 11) is -0.708. The fraction of sp³-hybridized carbons (Fsp3) is 0.381. The van der Waals surface area contributed by atoms with Crippen molar-refractivity contribution in [2.24, 2.45) is 0 Å². The van der Waals surface area contributed by atoms with Gasteiger partial charge in [0.15, 0.2) is 0 Å². The number of hydrogen-bond acceptors (Lipinski definition) is 5. The van der Waals surface area contributed by atoms with Crippen LogP contribution in [0, 0.1) is 0 Å². The summed E-state index contributed by atoms with van der Waals surface area (Å²) in [6.07, 6.45) is 0. The molecule has 1 aliphatic heterocycles. The van der Waals surface area contributed by atoms with Gasteiger partial charge in [-0.2, -0.15) is 0 Å². The van der Waals surface area contributed by atoms with Gasteiger partial charge < -0.3 is 19.2 Å². The highest BCUT2D eigenvalue weighted by molar-refractivity contribution is 6.63. The second kappa shape index (κ2) is 7.47. The van der Waals surface area contributed by atoms with Gasteiger partial charge in [0, 0.05) is 0 Å².